The van der Waals surface area contributed by atoms with E-state index < -0.39 is 41.4 Å². The summed E-state index contributed by atoms with van der Waals surface area (Å²) in [5, 5.41) is 5.84. The normalized spacial score (nSPS) is 16.8. The number of cyclic esters (lactones) is 2. The lowest BCUT2D eigenvalue weighted by Crippen LogP contribution is -2.32. The summed E-state index contributed by atoms with van der Waals surface area (Å²) < 4.78 is 48.2. The first-order valence-electron chi connectivity index (χ1n) is 14.3. The number of esters is 2. The van der Waals surface area contributed by atoms with E-state index in [2.05, 4.69) is 15.4 Å². The fourth-order valence-corrected chi connectivity index (χ4v) is 4.48. The van der Waals surface area contributed by atoms with Crippen LogP contribution in [-0.2, 0) is 18.9 Å². The van der Waals surface area contributed by atoms with Gasteiger partial charge in [-0.15, -0.1) is 0 Å². The van der Waals surface area contributed by atoms with E-state index >= 15 is 0 Å². The molecule has 0 radical (unpaired) electrons. The van der Waals surface area contributed by atoms with Gasteiger partial charge in [-0.2, -0.15) is 0 Å². The van der Waals surface area contributed by atoms with E-state index in [0.717, 1.165) is 12.1 Å². The van der Waals surface area contributed by atoms with Crippen LogP contribution in [-0.4, -0.2) is 85.2 Å². The van der Waals surface area contributed by atoms with Gasteiger partial charge in [-0.1, -0.05) is 31.9 Å². The maximum absolute atomic E-state index is 14.3. The highest BCUT2D eigenvalue weighted by Gasteiger charge is 2.34. The minimum Gasteiger partial charge on any atom is -0.465 e. The monoisotopic (exact) mass is 710 g/mol. The predicted molar refractivity (Wildman–Crippen MR) is 184 cm³/mol. The molecule has 2 aliphatic rings. The molecule has 0 unspecified atom stereocenters. The number of halogens is 2. The molecule has 0 aliphatic carbocycles. The molecule has 0 bridgehead atoms. The molecule has 2 aliphatic heterocycles. The topological polar surface area (TPSA) is 136 Å². The molecule has 4 rings (SSSR count). The van der Waals surface area contributed by atoms with Crippen molar-refractivity contribution in [3.63, 3.8) is 0 Å². The molecule has 2 fully saturated rings. The van der Waals surface area contributed by atoms with Crippen LogP contribution in [0.5, 0.6) is 0 Å². The molecule has 2 amide bonds. The predicted octanol–water partition coefficient (Wildman–Crippen LogP) is 5.55. The molecule has 0 spiro atoms. The lowest BCUT2D eigenvalue weighted by molar-refractivity contribution is 0.00643. The van der Waals surface area contributed by atoms with E-state index in [1.165, 1.54) is 41.2 Å². The van der Waals surface area contributed by atoms with Crippen LogP contribution in [0.3, 0.4) is 0 Å². The first kappa shape index (κ1) is 39.7. The summed E-state index contributed by atoms with van der Waals surface area (Å²) in [6, 6.07) is 7.77. The molecule has 12 nitrogen and oxygen atoms in total. The maximum atomic E-state index is 14.3. The molecular formula is C32H40F2N4O8S2. The Balaban J connectivity index is 0.000000329. The number of amides is 2. The molecule has 2 N–H and O–H groups in total. The number of carbonyl (C=O) groups is 4. The summed E-state index contributed by atoms with van der Waals surface area (Å²) in [5.41, 5.74) is -0.455. The highest BCUT2D eigenvalue weighted by atomic mass is 32.1. The molecular weight excluding hydrogens is 671 g/mol. The third-order valence-electron chi connectivity index (χ3n) is 6.46. The Morgan fingerprint density at radius 3 is 1.56 bits per heavy atom. The number of hydrogen-bond donors (Lipinski definition) is 2. The molecule has 2 saturated heterocycles. The molecule has 0 aromatic heterocycles. The van der Waals surface area contributed by atoms with Crippen LogP contribution in [0, 0.1) is 11.6 Å². The van der Waals surface area contributed by atoms with Crippen LogP contribution in [0.15, 0.2) is 36.4 Å². The third-order valence-corrected chi connectivity index (χ3v) is 6.75. The number of benzene rings is 2. The SMILES string of the molecule is C.CC(=S)NC[C@H]1CN(c2ccc(C(=O)OC(C)(C)C)c(F)c2)C(=O)O1.COC(=O)c1ccc(N2C[C@H](CNC(C)=S)OC2=O)cc1F. The second kappa shape index (κ2) is 17.1. The first-order valence-corrected chi connectivity index (χ1v) is 15.2. The molecule has 2 aromatic carbocycles. The van der Waals surface area contributed by atoms with E-state index in [-0.39, 0.29) is 43.9 Å². The van der Waals surface area contributed by atoms with Gasteiger partial charge in [0.25, 0.3) is 0 Å². The summed E-state index contributed by atoms with van der Waals surface area (Å²) in [7, 11) is 1.17. The van der Waals surface area contributed by atoms with Crippen molar-refractivity contribution < 1.29 is 46.9 Å². The van der Waals surface area contributed by atoms with Gasteiger partial charge < -0.3 is 29.6 Å². The van der Waals surface area contributed by atoms with Gasteiger partial charge in [-0.05, 0) is 71.0 Å². The first-order chi connectivity index (χ1) is 22.0. The Kier molecular flexibility index (Phi) is 14.2. The Bertz CT molecular complexity index is 1550. The Morgan fingerprint density at radius 2 is 1.23 bits per heavy atom. The summed E-state index contributed by atoms with van der Waals surface area (Å²) >= 11 is 9.81. The standard InChI is InChI=1S/C17H21FN2O4S.C14H15FN2O4S.CH4/c1-10(25)19-8-12-9-20(16(22)23-12)11-5-6-13(14(18)7-11)15(21)24-17(2,3)4;1-8(22)16-6-10-7-17(14(19)21-10)9-3-4-11(12(15)5-9)13(18)20-2;/h5-7,12H,8-9H2,1-4H3,(H,19,25);3-5,10H,6-7H2,1-2H3,(H,16,22);1H4/t12-;10-;/m00./s1. The van der Waals surface area contributed by atoms with Gasteiger partial charge in [0.1, 0.15) is 29.4 Å². The van der Waals surface area contributed by atoms with Crippen molar-refractivity contribution in [1.82, 2.24) is 10.6 Å². The molecule has 48 heavy (non-hydrogen) atoms. The molecule has 262 valence electrons. The van der Waals surface area contributed by atoms with Crippen LogP contribution >= 0.6 is 24.4 Å². The summed E-state index contributed by atoms with van der Waals surface area (Å²) in [4.78, 5) is 51.0. The summed E-state index contributed by atoms with van der Waals surface area (Å²) in [5.74, 6) is -3.03. The van der Waals surface area contributed by atoms with Crippen molar-refractivity contribution in [3.8, 4) is 0 Å². The van der Waals surface area contributed by atoms with Crippen LogP contribution in [0.25, 0.3) is 0 Å². The van der Waals surface area contributed by atoms with Crippen molar-refractivity contribution >= 4 is 69.9 Å². The van der Waals surface area contributed by atoms with Crippen molar-refractivity contribution in [1.29, 1.82) is 0 Å². The molecule has 2 atom stereocenters. The smallest absolute Gasteiger partial charge is 0.414 e. The number of nitrogens with one attached hydrogen (secondary N) is 2. The fourth-order valence-electron chi connectivity index (χ4n) is 4.31. The van der Waals surface area contributed by atoms with E-state index in [1.54, 1.807) is 34.6 Å². The number of nitrogens with zero attached hydrogens (tertiary/aromatic N) is 2. The van der Waals surface area contributed by atoms with Gasteiger partial charge >= 0.3 is 24.1 Å². The average molecular weight is 711 g/mol. The maximum Gasteiger partial charge on any atom is 0.414 e. The quantitative estimate of drug-likeness (QED) is 0.202. The van der Waals surface area contributed by atoms with E-state index in [9.17, 15) is 28.0 Å². The van der Waals surface area contributed by atoms with Crippen LogP contribution in [0.2, 0.25) is 0 Å². The third kappa shape index (κ3) is 11.1. The molecule has 2 aromatic rings. The average Bonchev–Trinajstić information content (AvgIpc) is 3.55. The zero-order valence-electron chi connectivity index (χ0n) is 26.7. The van der Waals surface area contributed by atoms with E-state index in [4.69, 9.17) is 38.6 Å². The van der Waals surface area contributed by atoms with Gasteiger partial charge in [0.05, 0.1) is 65.8 Å². The van der Waals surface area contributed by atoms with Crippen LogP contribution < -0.4 is 20.4 Å². The van der Waals surface area contributed by atoms with Crippen molar-refractivity contribution in [2.24, 2.45) is 0 Å². The lowest BCUT2D eigenvalue weighted by atomic mass is 10.1. The summed E-state index contributed by atoms with van der Waals surface area (Å²) in [6.45, 7) is 9.87. The number of methoxy groups -OCH3 is 1. The second-order valence-corrected chi connectivity index (χ2v) is 12.7. The number of carbonyl (C=O) groups excluding carboxylic acids is 4. The van der Waals surface area contributed by atoms with E-state index in [1.807, 2.05) is 0 Å². The van der Waals surface area contributed by atoms with Gasteiger partial charge in [0, 0.05) is 0 Å². The number of hydrogen-bond acceptors (Lipinski definition) is 10. The largest absolute Gasteiger partial charge is 0.465 e. The molecule has 2 heterocycles. The number of anilines is 2. The minimum absolute atomic E-state index is 0. The second-order valence-electron chi connectivity index (χ2n) is 11.4. The van der Waals surface area contributed by atoms with Crippen molar-refractivity contribution in [3.05, 3.63) is 59.2 Å². The van der Waals surface area contributed by atoms with Crippen LogP contribution in [0.4, 0.5) is 29.7 Å². The van der Waals surface area contributed by atoms with Crippen molar-refractivity contribution in [2.75, 3.05) is 43.1 Å². The fraction of sp³-hybridized carbons (Fsp3) is 0.438. The highest BCUT2D eigenvalue weighted by Crippen LogP contribution is 2.26. The zero-order chi connectivity index (χ0) is 35.1. The Hall–Kier alpha value is -4.44. The number of ether oxygens (including phenoxy) is 4. The van der Waals surface area contributed by atoms with Crippen LogP contribution in [0.1, 0.15) is 62.8 Å². The summed E-state index contributed by atoms with van der Waals surface area (Å²) in [6.07, 6.45) is -1.91. The lowest BCUT2D eigenvalue weighted by Gasteiger charge is -2.20. The van der Waals surface area contributed by atoms with Crippen molar-refractivity contribution in [2.45, 2.75) is 59.9 Å². The Labute approximate surface area is 289 Å². The minimum atomic E-state index is -0.772. The number of thiocarbonyl (C=S) groups is 2. The molecule has 0 saturated carbocycles. The Morgan fingerprint density at radius 1 is 0.833 bits per heavy atom. The van der Waals surface area contributed by atoms with Gasteiger partial charge in [0.2, 0.25) is 0 Å². The zero-order valence-corrected chi connectivity index (χ0v) is 28.3. The number of rotatable bonds is 8. The highest BCUT2D eigenvalue weighted by molar-refractivity contribution is 7.80. The van der Waals surface area contributed by atoms with Gasteiger partial charge in [-0.3, -0.25) is 9.80 Å². The molecule has 16 heteroatoms. The van der Waals surface area contributed by atoms with Gasteiger partial charge in [-0.25, -0.2) is 28.0 Å². The van der Waals surface area contributed by atoms with Gasteiger partial charge in [0.15, 0.2) is 0 Å². The van der Waals surface area contributed by atoms with E-state index in [0.29, 0.717) is 34.4 Å².